The van der Waals surface area contributed by atoms with E-state index in [1.54, 1.807) is 13.8 Å². The van der Waals surface area contributed by atoms with Gasteiger partial charge in [-0.15, -0.1) is 0 Å². The summed E-state index contributed by atoms with van der Waals surface area (Å²) in [5.74, 6) is -4.39. The van der Waals surface area contributed by atoms with Gasteiger partial charge in [0.05, 0.1) is 23.7 Å². The number of ether oxygens (including phenoxy) is 5. The number of hydrogen-bond donors (Lipinski definition) is 2. The van der Waals surface area contributed by atoms with Crippen molar-refractivity contribution in [3.63, 3.8) is 0 Å². The van der Waals surface area contributed by atoms with Crippen LogP contribution in [0.5, 0.6) is 0 Å². The van der Waals surface area contributed by atoms with Crippen molar-refractivity contribution in [2.75, 3.05) is 6.61 Å². The fourth-order valence-electron chi connectivity index (χ4n) is 6.77. The first kappa shape index (κ1) is 27.5. The van der Waals surface area contributed by atoms with Gasteiger partial charge in [-0.3, -0.25) is 19.2 Å². The molecule has 2 N–H and O–H groups in total. The molecule has 0 unspecified atom stereocenters. The van der Waals surface area contributed by atoms with Crippen LogP contribution >= 0.6 is 0 Å². The summed E-state index contributed by atoms with van der Waals surface area (Å²) < 4.78 is 28.3. The van der Waals surface area contributed by atoms with E-state index in [1.807, 2.05) is 0 Å². The summed E-state index contributed by atoms with van der Waals surface area (Å²) in [6, 6.07) is 0. The molecule has 4 rings (SSSR count). The third kappa shape index (κ3) is 4.44. The molecule has 0 aromatic rings. The molecule has 10 atom stereocenters. The molecule has 0 amide bonds. The first-order valence-corrected chi connectivity index (χ1v) is 12.6. The average Bonchev–Trinajstić information content (AvgIpc) is 3.40. The minimum atomic E-state index is -2.10. The largest absolute Gasteiger partial charge is 0.462 e. The predicted molar refractivity (Wildman–Crippen MR) is 125 cm³/mol. The van der Waals surface area contributed by atoms with Crippen LogP contribution in [0, 0.1) is 17.3 Å². The predicted octanol–water partition coefficient (Wildman–Crippen LogP) is 0.970. The lowest BCUT2D eigenvalue weighted by molar-refractivity contribution is -0.224. The normalized spacial score (nSPS) is 46.1. The first-order chi connectivity index (χ1) is 17.1. The Morgan fingerprint density at radius 1 is 1.08 bits per heavy atom. The molecule has 0 aromatic heterocycles. The number of fused-ring (bicyclic) bond motifs is 4. The van der Waals surface area contributed by atoms with E-state index >= 15 is 0 Å². The number of rotatable bonds is 4. The molecular weight excluding hydrogens is 488 g/mol. The van der Waals surface area contributed by atoms with E-state index in [9.17, 15) is 29.4 Å². The zero-order chi connectivity index (χ0) is 27.5. The van der Waals surface area contributed by atoms with Gasteiger partial charge in [0.1, 0.15) is 24.4 Å². The van der Waals surface area contributed by atoms with Crippen molar-refractivity contribution in [3.8, 4) is 0 Å². The van der Waals surface area contributed by atoms with Crippen LogP contribution in [0.1, 0.15) is 60.8 Å². The Bertz CT molecular complexity index is 1020. The molecule has 0 bridgehead atoms. The van der Waals surface area contributed by atoms with Gasteiger partial charge in [-0.25, -0.2) is 0 Å². The van der Waals surface area contributed by atoms with Crippen LogP contribution in [-0.2, 0) is 42.9 Å². The van der Waals surface area contributed by atoms with Crippen molar-refractivity contribution in [1.82, 2.24) is 0 Å². The van der Waals surface area contributed by atoms with Crippen LogP contribution in [0.4, 0.5) is 0 Å². The van der Waals surface area contributed by atoms with E-state index in [0.717, 1.165) is 0 Å². The summed E-state index contributed by atoms with van der Waals surface area (Å²) >= 11 is 0. The molecule has 11 nitrogen and oxygen atoms in total. The molecule has 2 heterocycles. The van der Waals surface area contributed by atoms with E-state index in [1.165, 1.54) is 33.8 Å². The van der Waals surface area contributed by atoms with Gasteiger partial charge < -0.3 is 33.9 Å². The van der Waals surface area contributed by atoms with Crippen molar-refractivity contribution in [2.24, 2.45) is 17.3 Å². The lowest BCUT2D eigenvalue weighted by atomic mass is 9.53. The molecule has 2 saturated heterocycles. The number of hydrogen-bond acceptors (Lipinski definition) is 11. The van der Waals surface area contributed by atoms with E-state index in [-0.39, 0.29) is 25.6 Å². The topological polar surface area (TPSA) is 158 Å². The van der Waals surface area contributed by atoms with Gasteiger partial charge in [0.2, 0.25) is 0 Å². The van der Waals surface area contributed by atoms with Gasteiger partial charge >= 0.3 is 23.9 Å². The van der Waals surface area contributed by atoms with Gasteiger partial charge in [0, 0.05) is 38.5 Å². The lowest BCUT2D eigenvalue weighted by Crippen LogP contribution is -2.68. The second kappa shape index (κ2) is 9.36. The van der Waals surface area contributed by atoms with Crippen LogP contribution in [0.15, 0.2) is 11.6 Å². The van der Waals surface area contributed by atoms with Crippen molar-refractivity contribution < 1.29 is 53.1 Å². The molecule has 2 aliphatic carbocycles. The molecule has 4 aliphatic rings. The van der Waals surface area contributed by atoms with Crippen LogP contribution in [0.2, 0.25) is 0 Å². The van der Waals surface area contributed by atoms with E-state index in [0.29, 0.717) is 12.0 Å². The van der Waals surface area contributed by atoms with E-state index in [2.05, 4.69) is 0 Å². The number of epoxide rings is 1. The number of aliphatic hydroxyl groups excluding tert-OH is 1. The molecule has 3 fully saturated rings. The van der Waals surface area contributed by atoms with E-state index in [4.69, 9.17) is 23.7 Å². The van der Waals surface area contributed by atoms with Crippen molar-refractivity contribution in [3.05, 3.63) is 11.6 Å². The Hall–Kier alpha value is -2.50. The molecule has 1 saturated carbocycles. The maximum Gasteiger partial charge on any atom is 0.312 e. The summed E-state index contributed by atoms with van der Waals surface area (Å²) in [4.78, 5) is 48.7. The number of carbonyl (C=O) groups is 4. The first-order valence-electron chi connectivity index (χ1n) is 12.6. The second-order valence-electron chi connectivity index (χ2n) is 11.1. The smallest absolute Gasteiger partial charge is 0.312 e. The van der Waals surface area contributed by atoms with Crippen molar-refractivity contribution in [1.29, 1.82) is 0 Å². The van der Waals surface area contributed by atoms with Gasteiger partial charge in [0.25, 0.3) is 0 Å². The molecule has 11 heteroatoms. The summed E-state index contributed by atoms with van der Waals surface area (Å²) in [5, 5.41) is 24.1. The zero-order valence-electron chi connectivity index (χ0n) is 22.0. The zero-order valence-corrected chi connectivity index (χ0v) is 22.0. The van der Waals surface area contributed by atoms with Gasteiger partial charge in [0.15, 0.2) is 6.10 Å². The molecular formula is C26H36O11. The summed E-state index contributed by atoms with van der Waals surface area (Å²) in [5.41, 5.74) is -3.76. The molecule has 0 radical (unpaired) electrons. The number of aliphatic hydroxyl groups is 2. The van der Waals surface area contributed by atoms with Crippen LogP contribution < -0.4 is 0 Å². The second-order valence-corrected chi connectivity index (χ2v) is 11.1. The van der Waals surface area contributed by atoms with Gasteiger partial charge in [-0.2, -0.15) is 0 Å². The van der Waals surface area contributed by atoms with Crippen molar-refractivity contribution in [2.45, 2.75) is 103 Å². The highest BCUT2D eigenvalue weighted by Gasteiger charge is 2.76. The minimum Gasteiger partial charge on any atom is -0.462 e. The monoisotopic (exact) mass is 524 g/mol. The Morgan fingerprint density at radius 2 is 1.70 bits per heavy atom. The molecule has 37 heavy (non-hydrogen) atoms. The summed E-state index contributed by atoms with van der Waals surface area (Å²) in [6.07, 6.45) is -2.67. The standard InChI is InChI=1S/C26H36O11/c1-12-23(31)36-20-9-16(11-33-13(2)27)7-8-17(34-14(3)28)24(5)18(35-15(4)29)10-19-25(6,37-19)21(24)22(30)26(12,20)32/h9,12,17-22,30,32H,7-8,10-11H2,1-6H3/b16-9+/t12-,17-,18-,19-,20-,21+,22-,24-,25-,26-/m0/s1. The third-order valence-corrected chi connectivity index (χ3v) is 8.81. The molecule has 0 spiro atoms. The molecule has 206 valence electrons. The fourth-order valence-corrected chi connectivity index (χ4v) is 6.77. The van der Waals surface area contributed by atoms with Crippen LogP contribution in [0.25, 0.3) is 0 Å². The van der Waals surface area contributed by atoms with E-state index < -0.39 is 76.7 Å². The fraction of sp³-hybridized carbons (Fsp3) is 0.769. The Kier molecular flexibility index (Phi) is 6.96. The molecule has 2 aliphatic heterocycles. The number of esters is 4. The Balaban J connectivity index is 1.91. The Labute approximate surface area is 215 Å². The highest BCUT2D eigenvalue weighted by Crippen LogP contribution is 2.64. The third-order valence-electron chi connectivity index (χ3n) is 8.81. The minimum absolute atomic E-state index is 0.146. The van der Waals surface area contributed by atoms with Gasteiger partial charge in [-0.05, 0) is 38.3 Å². The quantitative estimate of drug-likeness (QED) is 0.234. The molecule has 0 aromatic carbocycles. The highest BCUT2D eigenvalue weighted by molar-refractivity contribution is 5.77. The highest BCUT2D eigenvalue weighted by atomic mass is 16.6. The maximum absolute atomic E-state index is 12.7. The Morgan fingerprint density at radius 3 is 2.30 bits per heavy atom. The number of carbonyl (C=O) groups excluding carboxylic acids is 4. The summed E-state index contributed by atoms with van der Waals surface area (Å²) in [6.45, 7) is 8.66. The van der Waals surface area contributed by atoms with Crippen LogP contribution in [-0.4, -0.2) is 82.4 Å². The average molecular weight is 525 g/mol. The van der Waals surface area contributed by atoms with Crippen LogP contribution in [0.3, 0.4) is 0 Å². The maximum atomic E-state index is 12.7. The lowest BCUT2D eigenvalue weighted by Gasteiger charge is -2.55. The summed E-state index contributed by atoms with van der Waals surface area (Å²) in [7, 11) is 0. The van der Waals surface area contributed by atoms with Crippen molar-refractivity contribution >= 4 is 23.9 Å². The van der Waals surface area contributed by atoms with Gasteiger partial charge in [-0.1, -0.05) is 6.92 Å². The SMILES string of the molecule is CC(=O)OC/C1=C/[C@@H]2OC(=O)[C@H](C)[C@@]2(O)[C@@H](O)[C@H]2[C@@]3(C)O[C@H]3C[C@H](OC(C)=O)[C@]2(C)[C@@H](OC(C)=O)CC1.